The molecule has 2 aromatic rings. The summed E-state index contributed by atoms with van der Waals surface area (Å²) >= 11 is 0. The monoisotopic (exact) mass is 287 g/mol. The van der Waals surface area contributed by atoms with Crippen molar-refractivity contribution in [1.29, 1.82) is 0 Å². The van der Waals surface area contributed by atoms with Gasteiger partial charge in [0.15, 0.2) is 11.5 Å². The highest BCUT2D eigenvalue weighted by atomic mass is 16.5. The van der Waals surface area contributed by atoms with Gasteiger partial charge in [0.05, 0.1) is 19.8 Å². The van der Waals surface area contributed by atoms with E-state index in [1.165, 1.54) is 0 Å². The number of carbonyl (C=O) groups is 1. The molecule has 0 spiro atoms. The summed E-state index contributed by atoms with van der Waals surface area (Å²) in [5, 5.41) is 5.69. The summed E-state index contributed by atoms with van der Waals surface area (Å²) < 4.78 is 10.4. The van der Waals surface area contributed by atoms with Gasteiger partial charge in [0, 0.05) is 25.0 Å². The summed E-state index contributed by atoms with van der Waals surface area (Å²) in [4.78, 5) is 16.4. The Morgan fingerprint density at radius 1 is 1.14 bits per heavy atom. The normalized spacial score (nSPS) is 9.86. The number of benzene rings is 1. The molecule has 1 aromatic heterocycles. The topological polar surface area (TPSA) is 72.5 Å². The fourth-order valence-corrected chi connectivity index (χ4v) is 1.90. The van der Waals surface area contributed by atoms with Crippen LogP contribution in [0.15, 0.2) is 36.5 Å². The van der Waals surface area contributed by atoms with Gasteiger partial charge in [-0.1, -0.05) is 0 Å². The van der Waals surface area contributed by atoms with Gasteiger partial charge in [-0.05, 0) is 24.3 Å². The molecule has 0 saturated carbocycles. The first kappa shape index (κ1) is 14.6. The van der Waals surface area contributed by atoms with Crippen molar-refractivity contribution >= 4 is 17.4 Å². The van der Waals surface area contributed by atoms with Crippen molar-refractivity contribution in [1.82, 2.24) is 4.98 Å². The predicted molar refractivity (Wildman–Crippen MR) is 81.3 cm³/mol. The van der Waals surface area contributed by atoms with E-state index in [2.05, 4.69) is 15.6 Å². The number of amides is 1. The van der Waals surface area contributed by atoms with E-state index < -0.39 is 0 Å². The van der Waals surface area contributed by atoms with Crippen LogP contribution in [-0.2, 0) is 0 Å². The number of ether oxygens (including phenoxy) is 2. The lowest BCUT2D eigenvalue weighted by molar-refractivity contribution is 0.102. The molecule has 110 valence electrons. The van der Waals surface area contributed by atoms with E-state index in [1.54, 1.807) is 57.8 Å². The fraction of sp³-hybridized carbons (Fsp3) is 0.200. The zero-order chi connectivity index (χ0) is 15.2. The highest BCUT2D eigenvalue weighted by molar-refractivity contribution is 6.07. The molecule has 6 heteroatoms. The van der Waals surface area contributed by atoms with Crippen molar-refractivity contribution < 1.29 is 14.3 Å². The summed E-state index contributed by atoms with van der Waals surface area (Å²) in [6.45, 7) is 0. The van der Waals surface area contributed by atoms with Crippen LogP contribution in [0.2, 0.25) is 0 Å². The van der Waals surface area contributed by atoms with E-state index in [0.717, 1.165) is 0 Å². The Hall–Kier alpha value is -2.76. The molecular weight excluding hydrogens is 270 g/mol. The largest absolute Gasteiger partial charge is 0.493 e. The number of hydrogen-bond acceptors (Lipinski definition) is 5. The Morgan fingerprint density at radius 3 is 2.57 bits per heavy atom. The fourth-order valence-electron chi connectivity index (χ4n) is 1.90. The second kappa shape index (κ2) is 6.60. The molecule has 2 rings (SSSR count). The molecular formula is C15H17N3O3. The third-order valence-electron chi connectivity index (χ3n) is 2.93. The molecule has 1 amide bonds. The van der Waals surface area contributed by atoms with Gasteiger partial charge in [-0.3, -0.25) is 4.79 Å². The number of anilines is 2. The predicted octanol–water partition coefficient (Wildman–Crippen LogP) is 2.39. The van der Waals surface area contributed by atoms with Crippen LogP contribution in [-0.4, -0.2) is 32.2 Å². The number of rotatable bonds is 5. The van der Waals surface area contributed by atoms with Gasteiger partial charge in [-0.2, -0.15) is 0 Å². The van der Waals surface area contributed by atoms with E-state index in [9.17, 15) is 4.79 Å². The molecule has 0 bridgehead atoms. The van der Waals surface area contributed by atoms with E-state index in [-0.39, 0.29) is 5.91 Å². The standard InChI is InChI=1S/C15H17N3O3/c1-16-14-11(5-4-8-17-14)15(19)18-10-6-7-12(20-2)13(9-10)21-3/h4-9H,1-3H3,(H,16,17)(H,18,19). The third-order valence-corrected chi connectivity index (χ3v) is 2.93. The Morgan fingerprint density at radius 2 is 1.90 bits per heavy atom. The minimum absolute atomic E-state index is 0.250. The van der Waals surface area contributed by atoms with Crippen molar-refractivity contribution in [3.63, 3.8) is 0 Å². The van der Waals surface area contributed by atoms with Crippen LogP contribution in [0.3, 0.4) is 0 Å². The van der Waals surface area contributed by atoms with Gasteiger partial charge in [-0.15, -0.1) is 0 Å². The maximum absolute atomic E-state index is 12.3. The van der Waals surface area contributed by atoms with Crippen LogP contribution < -0.4 is 20.1 Å². The van der Waals surface area contributed by atoms with E-state index in [1.807, 2.05) is 0 Å². The highest BCUT2D eigenvalue weighted by Gasteiger charge is 2.12. The van der Waals surface area contributed by atoms with Crippen molar-refractivity contribution in [3.8, 4) is 11.5 Å². The maximum atomic E-state index is 12.3. The molecule has 6 nitrogen and oxygen atoms in total. The molecule has 0 aliphatic rings. The Labute approximate surface area is 123 Å². The summed E-state index contributed by atoms with van der Waals surface area (Å²) in [6, 6.07) is 8.59. The zero-order valence-electron chi connectivity index (χ0n) is 12.1. The number of hydrogen-bond donors (Lipinski definition) is 2. The van der Waals surface area contributed by atoms with E-state index in [0.29, 0.717) is 28.6 Å². The number of nitrogens with zero attached hydrogens (tertiary/aromatic N) is 1. The summed E-state index contributed by atoms with van der Waals surface area (Å²) in [6.07, 6.45) is 1.62. The van der Waals surface area contributed by atoms with E-state index >= 15 is 0 Å². The first-order valence-electron chi connectivity index (χ1n) is 6.35. The van der Waals surface area contributed by atoms with Crippen LogP contribution in [0.1, 0.15) is 10.4 Å². The Kier molecular flexibility index (Phi) is 4.61. The van der Waals surface area contributed by atoms with Crippen molar-refractivity contribution in [3.05, 3.63) is 42.1 Å². The number of nitrogens with one attached hydrogen (secondary N) is 2. The van der Waals surface area contributed by atoms with Crippen LogP contribution in [0.4, 0.5) is 11.5 Å². The molecule has 0 saturated heterocycles. The van der Waals surface area contributed by atoms with Crippen LogP contribution in [0.5, 0.6) is 11.5 Å². The number of carbonyl (C=O) groups excluding carboxylic acids is 1. The number of aromatic nitrogens is 1. The molecule has 0 unspecified atom stereocenters. The Bertz CT molecular complexity index is 644. The minimum Gasteiger partial charge on any atom is -0.493 e. The lowest BCUT2D eigenvalue weighted by atomic mass is 10.2. The van der Waals surface area contributed by atoms with Gasteiger partial charge in [0.1, 0.15) is 5.82 Å². The molecule has 0 radical (unpaired) electrons. The minimum atomic E-state index is -0.250. The first-order chi connectivity index (χ1) is 10.2. The average Bonchev–Trinajstić information content (AvgIpc) is 2.54. The van der Waals surface area contributed by atoms with Crippen molar-refractivity contribution in [2.45, 2.75) is 0 Å². The first-order valence-corrected chi connectivity index (χ1v) is 6.35. The summed E-state index contributed by atoms with van der Waals surface area (Å²) in [7, 11) is 4.82. The number of pyridine rings is 1. The lowest BCUT2D eigenvalue weighted by Gasteiger charge is -2.11. The van der Waals surface area contributed by atoms with Gasteiger partial charge in [0.25, 0.3) is 5.91 Å². The van der Waals surface area contributed by atoms with Crippen LogP contribution >= 0.6 is 0 Å². The zero-order valence-corrected chi connectivity index (χ0v) is 12.1. The molecule has 0 aliphatic carbocycles. The van der Waals surface area contributed by atoms with Crippen molar-refractivity contribution in [2.24, 2.45) is 0 Å². The van der Waals surface area contributed by atoms with Crippen LogP contribution in [0.25, 0.3) is 0 Å². The average molecular weight is 287 g/mol. The van der Waals surface area contributed by atoms with Gasteiger partial charge >= 0.3 is 0 Å². The lowest BCUT2D eigenvalue weighted by Crippen LogP contribution is -2.14. The highest BCUT2D eigenvalue weighted by Crippen LogP contribution is 2.30. The van der Waals surface area contributed by atoms with Crippen LogP contribution in [0, 0.1) is 0 Å². The van der Waals surface area contributed by atoms with Crippen molar-refractivity contribution in [2.75, 3.05) is 31.9 Å². The number of methoxy groups -OCH3 is 2. The molecule has 21 heavy (non-hydrogen) atoms. The Balaban J connectivity index is 2.23. The second-order valence-electron chi connectivity index (χ2n) is 4.17. The molecule has 0 atom stereocenters. The van der Waals surface area contributed by atoms with Gasteiger partial charge < -0.3 is 20.1 Å². The summed E-state index contributed by atoms with van der Waals surface area (Å²) in [5.41, 5.74) is 1.08. The van der Waals surface area contributed by atoms with Gasteiger partial charge in [-0.25, -0.2) is 4.98 Å². The van der Waals surface area contributed by atoms with Gasteiger partial charge in [0.2, 0.25) is 0 Å². The smallest absolute Gasteiger partial charge is 0.259 e. The second-order valence-corrected chi connectivity index (χ2v) is 4.17. The summed E-state index contributed by atoms with van der Waals surface area (Å²) in [5.74, 6) is 1.43. The molecule has 1 heterocycles. The van der Waals surface area contributed by atoms with E-state index in [4.69, 9.17) is 9.47 Å². The SMILES string of the molecule is CNc1ncccc1C(=O)Nc1ccc(OC)c(OC)c1. The molecule has 2 N–H and O–H groups in total. The maximum Gasteiger partial charge on any atom is 0.259 e. The third kappa shape index (κ3) is 3.22. The molecule has 1 aromatic carbocycles. The molecule has 0 fully saturated rings. The quantitative estimate of drug-likeness (QED) is 0.883. The molecule has 0 aliphatic heterocycles.